The average Bonchev–Trinajstić information content (AvgIpc) is 3.15. The third-order valence-corrected chi connectivity index (χ3v) is 5.35. The van der Waals surface area contributed by atoms with Gasteiger partial charge in [-0.15, -0.1) is 0 Å². The van der Waals surface area contributed by atoms with Crippen molar-refractivity contribution < 1.29 is 13.9 Å². The number of halogens is 1. The summed E-state index contributed by atoms with van der Waals surface area (Å²) in [6.45, 7) is 3.69. The summed E-state index contributed by atoms with van der Waals surface area (Å²) in [7, 11) is 0. The Morgan fingerprint density at radius 1 is 1.10 bits per heavy atom. The lowest BCUT2D eigenvalue weighted by Crippen LogP contribution is -2.33. The Hall–Kier alpha value is -3.19. The van der Waals surface area contributed by atoms with Gasteiger partial charge in [0.2, 0.25) is 0 Å². The van der Waals surface area contributed by atoms with Crippen molar-refractivity contribution in [2.45, 2.75) is 19.3 Å². The summed E-state index contributed by atoms with van der Waals surface area (Å²) in [6.07, 6.45) is 5.16. The second-order valence-corrected chi connectivity index (χ2v) is 7.41. The lowest BCUT2D eigenvalue weighted by atomic mass is 10.1. The second-order valence-electron chi connectivity index (χ2n) is 7.41. The fraction of sp³-hybridized carbons (Fsp3) is 0.304. The van der Waals surface area contributed by atoms with Gasteiger partial charge in [0.05, 0.1) is 11.8 Å². The number of benzene rings is 2. The Morgan fingerprint density at radius 2 is 1.90 bits per heavy atom. The maximum atomic E-state index is 14.1. The standard InChI is InChI=1S/C23H25FN4O2/c24-20-9-2-3-10-21(20)28-23(25)19(16-26-28)22(29)17-7-6-8-18(15-17)30-14-13-27-11-4-1-5-12-27/h2-3,6-10,15-16H,1,4-5,11-14,25H2. The highest BCUT2D eigenvalue weighted by atomic mass is 19.1. The van der Waals surface area contributed by atoms with Crippen LogP contribution >= 0.6 is 0 Å². The highest BCUT2D eigenvalue weighted by molar-refractivity contribution is 6.11. The Morgan fingerprint density at radius 3 is 2.70 bits per heavy atom. The molecule has 0 bridgehead atoms. The lowest BCUT2D eigenvalue weighted by molar-refractivity contribution is 0.103. The molecule has 156 valence electrons. The molecule has 30 heavy (non-hydrogen) atoms. The zero-order valence-corrected chi connectivity index (χ0v) is 16.8. The average molecular weight is 408 g/mol. The van der Waals surface area contributed by atoms with E-state index in [1.807, 2.05) is 6.07 Å². The summed E-state index contributed by atoms with van der Waals surface area (Å²) in [5.41, 5.74) is 6.99. The zero-order valence-electron chi connectivity index (χ0n) is 16.8. The van der Waals surface area contributed by atoms with Crippen molar-refractivity contribution in [3.63, 3.8) is 0 Å². The van der Waals surface area contributed by atoms with Crippen LogP contribution in [0, 0.1) is 5.82 Å². The maximum Gasteiger partial charge on any atom is 0.198 e. The summed E-state index contributed by atoms with van der Waals surface area (Å²) in [5.74, 6) is -0.00795. The Labute approximate surface area is 175 Å². The van der Waals surface area contributed by atoms with Gasteiger partial charge in [-0.2, -0.15) is 5.10 Å². The number of ketones is 1. The van der Waals surface area contributed by atoms with Crippen molar-refractivity contribution >= 4 is 11.6 Å². The molecule has 0 atom stereocenters. The van der Waals surface area contributed by atoms with Crippen molar-refractivity contribution in [3.8, 4) is 11.4 Å². The van der Waals surface area contributed by atoms with Gasteiger partial charge in [0, 0.05) is 12.1 Å². The van der Waals surface area contributed by atoms with E-state index < -0.39 is 5.82 Å². The number of carbonyl (C=O) groups excluding carboxylic acids is 1. The van der Waals surface area contributed by atoms with Gasteiger partial charge in [0.25, 0.3) is 0 Å². The zero-order chi connectivity index (χ0) is 20.9. The van der Waals surface area contributed by atoms with Gasteiger partial charge >= 0.3 is 0 Å². The Bertz CT molecular complexity index is 1030. The van der Waals surface area contributed by atoms with Crippen LogP contribution in [-0.2, 0) is 0 Å². The molecule has 1 saturated heterocycles. The number of nitrogens with zero attached hydrogens (tertiary/aromatic N) is 3. The van der Waals surface area contributed by atoms with E-state index in [4.69, 9.17) is 10.5 Å². The summed E-state index contributed by atoms with van der Waals surface area (Å²) in [6, 6.07) is 13.2. The number of para-hydroxylation sites is 1. The molecule has 0 unspecified atom stereocenters. The summed E-state index contributed by atoms with van der Waals surface area (Å²) >= 11 is 0. The molecule has 0 spiro atoms. The molecule has 2 N–H and O–H groups in total. The van der Waals surface area contributed by atoms with Crippen LogP contribution in [0.15, 0.2) is 54.7 Å². The lowest BCUT2D eigenvalue weighted by Gasteiger charge is -2.26. The Kier molecular flexibility index (Phi) is 6.09. The third-order valence-electron chi connectivity index (χ3n) is 5.35. The number of piperidine rings is 1. The van der Waals surface area contributed by atoms with E-state index in [-0.39, 0.29) is 22.9 Å². The van der Waals surface area contributed by atoms with Crippen LogP contribution in [0.2, 0.25) is 0 Å². The van der Waals surface area contributed by atoms with E-state index in [0.29, 0.717) is 17.9 Å². The van der Waals surface area contributed by atoms with Gasteiger partial charge in [-0.05, 0) is 50.2 Å². The predicted molar refractivity (Wildman–Crippen MR) is 114 cm³/mol. The van der Waals surface area contributed by atoms with Crippen molar-refractivity contribution in [2.24, 2.45) is 0 Å². The van der Waals surface area contributed by atoms with Gasteiger partial charge in [-0.25, -0.2) is 9.07 Å². The molecule has 2 heterocycles. The maximum absolute atomic E-state index is 14.1. The molecule has 1 aliphatic rings. The van der Waals surface area contributed by atoms with Crippen LogP contribution in [0.5, 0.6) is 5.75 Å². The third kappa shape index (κ3) is 4.36. The molecule has 6 nitrogen and oxygen atoms in total. The number of rotatable bonds is 7. The molecule has 3 aromatic rings. The first-order chi connectivity index (χ1) is 14.6. The molecule has 0 radical (unpaired) electrons. The van der Waals surface area contributed by atoms with E-state index in [1.165, 1.54) is 36.2 Å². The monoisotopic (exact) mass is 408 g/mol. The topological polar surface area (TPSA) is 73.4 Å². The highest BCUT2D eigenvalue weighted by Crippen LogP contribution is 2.23. The van der Waals surface area contributed by atoms with Crippen molar-refractivity contribution in [1.29, 1.82) is 0 Å². The number of nitrogen functional groups attached to an aromatic ring is 1. The molecule has 1 aliphatic heterocycles. The van der Waals surface area contributed by atoms with E-state index in [1.54, 1.807) is 36.4 Å². The van der Waals surface area contributed by atoms with Crippen LogP contribution in [0.1, 0.15) is 35.2 Å². The molecule has 0 amide bonds. The highest BCUT2D eigenvalue weighted by Gasteiger charge is 2.19. The van der Waals surface area contributed by atoms with E-state index in [0.717, 1.165) is 19.6 Å². The van der Waals surface area contributed by atoms with Crippen molar-refractivity contribution in [2.75, 3.05) is 32.0 Å². The molecule has 0 saturated carbocycles. The smallest absolute Gasteiger partial charge is 0.198 e. The predicted octanol–water partition coefficient (Wildman–Crippen LogP) is 3.69. The van der Waals surface area contributed by atoms with Crippen LogP contribution < -0.4 is 10.5 Å². The number of aromatic nitrogens is 2. The molecule has 2 aromatic carbocycles. The van der Waals surface area contributed by atoms with Gasteiger partial charge in [0.15, 0.2) is 5.78 Å². The molecule has 1 fully saturated rings. The Balaban J connectivity index is 1.46. The van der Waals surface area contributed by atoms with Gasteiger partial charge in [0.1, 0.15) is 29.7 Å². The summed E-state index contributed by atoms with van der Waals surface area (Å²) < 4.78 is 21.2. The first-order valence-corrected chi connectivity index (χ1v) is 10.2. The van der Waals surface area contributed by atoms with Crippen molar-refractivity contribution in [3.05, 3.63) is 71.7 Å². The minimum atomic E-state index is -0.463. The molecular weight excluding hydrogens is 383 g/mol. The summed E-state index contributed by atoms with van der Waals surface area (Å²) in [4.78, 5) is 15.4. The minimum absolute atomic E-state index is 0.0986. The second kappa shape index (κ2) is 9.09. The number of nitrogens with two attached hydrogens (primary N) is 1. The van der Waals surface area contributed by atoms with Crippen molar-refractivity contribution in [1.82, 2.24) is 14.7 Å². The van der Waals surface area contributed by atoms with Gasteiger partial charge in [-0.1, -0.05) is 30.7 Å². The molecule has 1 aromatic heterocycles. The number of carbonyl (C=O) groups is 1. The molecule has 4 rings (SSSR count). The van der Waals surface area contributed by atoms with E-state index in [9.17, 15) is 9.18 Å². The first-order valence-electron chi connectivity index (χ1n) is 10.2. The van der Waals surface area contributed by atoms with Crippen LogP contribution in [0.4, 0.5) is 10.2 Å². The van der Waals surface area contributed by atoms with Crippen LogP contribution in [0.25, 0.3) is 5.69 Å². The number of anilines is 1. The number of hydrogen-bond donors (Lipinski definition) is 1. The number of ether oxygens (including phenoxy) is 1. The largest absolute Gasteiger partial charge is 0.492 e. The van der Waals surface area contributed by atoms with Gasteiger partial charge < -0.3 is 10.5 Å². The number of hydrogen-bond acceptors (Lipinski definition) is 5. The quantitative estimate of drug-likeness (QED) is 0.604. The van der Waals surface area contributed by atoms with Gasteiger partial charge in [-0.3, -0.25) is 9.69 Å². The first kappa shape index (κ1) is 20.1. The SMILES string of the molecule is Nc1c(C(=O)c2cccc(OCCN3CCCCC3)c2)cnn1-c1ccccc1F. The van der Waals surface area contributed by atoms with E-state index >= 15 is 0 Å². The minimum Gasteiger partial charge on any atom is -0.492 e. The normalized spacial score (nSPS) is 14.6. The fourth-order valence-electron chi connectivity index (χ4n) is 3.71. The summed E-state index contributed by atoms with van der Waals surface area (Å²) in [5, 5.41) is 4.11. The fourth-order valence-corrected chi connectivity index (χ4v) is 3.71. The molecule has 0 aliphatic carbocycles. The van der Waals surface area contributed by atoms with Crippen LogP contribution in [0.3, 0.4) is 0 Å². The molecule has 7 heteroatoms. The van der Waals surface area contributed by atoms with Crippen LogP contribution in [-0.4, -0.2) is 46.7 Å². The van der Waals surface area contributed by atoms with E-state index in [2.05, 4.69) is 10.00 Å². The molecular formula is C23H25FN4O2. The number of likely N-dealkylation sites (tertiary alicyclic amines) is 1.